The van der Waals surface area contributed by atoms with E-state index in [4.69, 9.17) is 5.11 Å². The SMILES string of the molecule is O=C(O)NC1C[C@@H]2CN(c3cccc(C(F)(F)F)n3)C[C@@H]2C1. The molecule has 0 radical (unpaired) electrons. The maximum absolute atomic E-state index is 12.7. The molecule has 0 bridgehead atoms. The number of carbonyl (C=O) groups is 1. The number of anilines is 1. The van der Waals surface area contributed by atoms with E-state index in [2.05, 4.69) is 10.3 Å². The molecule has 3 rings (SSSR count). The van der Waals surface area contributed by atoms with Crippen LogP contribution in [0.3, 0.4) is 0 Å². The molecule has 2 aliphatic rings. The minimum absolute atomic E-state index is 0.0517. The summed E-state index contributed by atoms with van der Waals surface area (Å²) in [7, 11) is 0. The Labute approximate surface area is 125 Å². The monoisotopic (exact) mass is 315 g/mol. The van der Waals surface area contributed by atoms with Crippen LogP contribution >= 0.6 is 0 Å². The van der Waals surface area contributed by atoms with Gasteiger partial charge < -0.3 is 15.3 Å². The minimum atomic E-state index is -4.44. The summed E-state index contributed by atoms with van der Waals surface area (Å²) in [6.45, 7) is 1.24. The third-order valence-electron chi connectivity index (χ3n) is 4.43. The Morgan fingerprint density at radius 1 is 1.27 bits per heavy atom. The smallest absolute Gasteiger partial charge is 0.433 e. The molecule has 1 amide bonds. The largest absolute Gasteiger partial charge is 0.465 e. The fourth-order valence-corrected chi connectivity index (χ4v) is 3.54. The minimum Gasteiger partial charge on any atom is -0.465 e. The van der Waals surface area contributed by atoms with Crippen LogP contribution in [0.25, 0.3) is 0 Å². The van der Waals surface area contributed by atoms with Crippen molar-refractivity contribution >= 4 is 11.9 Å². The third kappa shape index (κ3) is 2.95. The van der Waals surface area contributed by atoms with E-state index in [1.54, 1.807) is 6.07 Å². The second kappa shape index (κ2) is 5.33. The van der Waals surface area contributed by atoms with Crippen LogP contribution in [0.1, 0.15) is 18.5 Å². The van der Waals surface area contributed by atoms with E-state index in [0.717, 1.165) is 18.9 Å². The van der Waals surface area contributed by atoms with Crippen molar-refractivity contribution < 1.29 is 23.1 Å². The van der Waals surface area contributed by atoms with Crippen molar-refractivity contribution in [1.82, 2.24) is 10.3 Å². The lowest BCUT2D eigenvalue weighted by atomic mass is 10.0. The molecule has 0 aromatic carbocycles. The molecular formula is C14H16F3N3O2. The molecule has 2 N–H and O–H groups in total. The first-order valence-electron chi connectivity index (χ1n) is 7.11. The topological polar surface area (TPSA) is 65.5 Å². The van der Waals surface area contributed by atoms with Crippen molar-refractivity contribution in [2.24, 2.45) is 11.8 Å². The summed E-state index contributed by atoms with van der Waals surface area (Å²) in [6.07, 6.45) is -4.01. The number of nitrogens with one attached hydrogen (secondary N) is 1. The molecule has 0 spiro atoms. The molecule has 1 aromatic rings. The number of hydrogen-bond acceptors (Lipinski definition) is 3. The number of alkyl halides is 3. The van der Waals surface area contributed by atoms with E-state index in [1.165, 1.54) is 6.07 Å². The lowest BCUT2D eigenvalue weighted by Crippen LogP contribution is -2.33. The van der Waals surface area contributed by atoms with E-state index >= 15 is 0 Å². The molecule has 8 heteroatoms. The number of pyridine rings is 1. The van der Waals surface area contributed by atoms with Crippen LogP contribution < -0.4 is 10.2 Å². The maximum atomic E-state index is 12.7. The van der Waals surface area contributed by atoms with Crippen LogP contribution in [0.5, 0.6) is 0 Å². The van der Waals surface area contributed by atoms with Gasteiger partial charge in [0.05, 0.1) is 0 Å². The van der Waals surface area contributed by atoms with E-state index in [9.17, 15) is 18.0 Å². The Hall–Kier alpha value is -1.99. The Bertz CT molecular complexity index is 565. The Kier molecular flexibility index (Phi) is 3.62. The fourth-order valence-electron chi connectivity index (χ4n) is 3.54. The lowest BCUT2D eigenvalue weighted by Gasteiger charge is -2.21. The molecule has 3 atom stereocenters. The van der Waals surface area contributed by atoms with Gasteiger partial charge in [-0.05, 0) is 36.8 Å². The first kappa shape index (κ1) is 14.9. The van der Waals surface area contributed by atoms with Gasteiger partial charge in [-0.1, -0.05) is 6.07 Å². The standard InChI is InChI=1S/C14H16F3N3O2/c15-14(16,17)11-2-1-3-12(19-11)20-6-8-4-10(18-13(21)22)5-9(8)7-20/h1-3,8-10,18H,4-7H2,(H,21,22)/t8-,9+,10?. The second-order valence-corrected chi connectivity index (χ2v) is 5.92. The van der Waals surface area contributed by atoms with E-state index < -0.39 is 18.0 Å². The Balaban J connectivity index is 1.67. The summed E-state index contributed by atoms with van der Waals surface area (Å²) >= 11 is 0. The van der Waals surface area contributed by atoms with Crippen molar-refractivity contribution in [3.05, 3.63) is 23.9 Å². The fraction of sp³-hybridized carbons (Fsp3) is 0.571. The summed E-state index contributed by atoms with van der Waals surface area (Å²) in [4.78, 5) is 16.2. The number of fused-ring (bicyclic) bond motifs is 1. The van der Waals surface area contributed by atoms with E-state index in [-0.39, 0.29) is 6.04 Å². The average molecular weight is 315 g/mol. The van der Waals surface area contributed by atoms with E-state index in [1.807, 2.05) is 4.90 Å². The molecule has 1 saturated carbocycles. The summed E-state index contributed by atoms with van der Waals surface area (Å²) in [6, 6.07) is 3.87. The number of rotatable bonds is 2. The highest BCUT2D eigenvalue weighted by atomic mass is 19.4. The van der Waals surface area contributed by atoms with Crippen molar-refractivity contribution in [2.75, 3.05) is 18.0 Å². The first-order valence-corrected chi connectivity index (χ1v) is 7.11. The van der Waals surface area contributed by atoms with Crippen LogP contribution in [0.15, 0.2) is 18.2 Å². The van der Waals surface area contributed by atoms with Gasteiger partial charge in [0.2, 0.25) is 0 Å². The molecular weight excluding hydrogens is 299 g/mol. The molecule has 2 heterocycles. The molecule has 1 aliphatic heterocycles. The highest BCUT2D eigenvalue weighted by Crippen LogP contribution is 2.40. The Morgan fingerprint density at radius 3 is 2.45 bits per heavy atom. The zero-order valence-electron chi connectivity index (χ0n) is 11.7. The third-order valence-corrected chi connectivity index (χ3v) is 4.43. The van der Waals surface area contributed by atoms with Crippen LogP contribution in [-0.2, 0) is 6.18 Å². The molecule has 120 valence electrons. The molecule has 1 aliphatic carbocycles. The number of carboxylic acid groups (broad SMARTS) is 1. The molecule has 5 nitrogen and oxygen atoms in total. The van der Waals surface area contributed by atoms with Crippen molar-refractivity contribution in [1.29, 1.82) is 0 Å². The van der Waals surface area contributed by atoms with Gasteiger partial charge in [-0.2, -0.15) is 13.2 Å². The average Bonchev–Trinajstić information content (AvgIpc) is 2.95. The molecule has 1 aromatic heterocycles. The zero-order chi connectivity index (χ0) is 15.9. The number of aromatic nitrogens is 1. The number of nitrogens with zero attached hydrogens (tertiary/aromatic N) is 2. The summed E-state index contributed by atoms with van der Waals surface area (Å²) < 4.78 is 38.1. The number of amides is 1. The summed E-state index contributed by atoms with van der Waals surface area (Å²) in [5, 5.41) is 11.2. The highest BCUT2D eigenvalue weighted by Gasteiger charge is 2.42. The highest BCUT2D eigenvalue weighted by molar-refractivity contribution is 5.64. The number of hydrogen-bond donors (Lipinski definition) is 2. The predicted octanol–water partition coefficient (Wildman–Crippen LogP) is 2.58. The van der Waals surface area contributed by atoms with Crippen LogP contribution in [0.4, 0.5) is 23.8 Å². The van der Waals surface area contributed by atoms with Gasteiger partial charge >= 0.3 is 12.3 Å². The number of halogens is 3. The van der Waals surface area contributed by atoms with Crippen LogP contribution in [0, 0.1) is 11.8 Å². The zero-order valence-corrected chi connectivity index (χ0v) is 11.7. The maximum Gasteiger partial charge on any atom is 0.433 e. The summed E-state index contributed by atoms with van der Waals surface area (Å²) in [5.41, 5.74) is -0.882. The van der Waals surface area contributed by atoms with Gasteiger partial charge in [-0.15, -0.1) is 0 Å². The molecule has 22 heavy (non-hydrogen) atoms. The predicted molar refractivity (Wildman–Crippen MR) is 72.6 cm³/mol. The first-order chi connectivity index (χ1) is 10.3. The molecule has 1 saturated heterocycles. The molecule has 2 fully saturated rings. The van der Waals surface area contributed by atoms with Gasteiger partial charge in [0.25, 0.3) is 0 Å². The van der Waals surface area contributed by atoms with Gasteiger partial charge in [0, 0.05) is 19.1 Å². The van der Waals surface area contributed by atoms with Gasteiger partial charge in [-0.25, -0.2) is 9.78 Å². The van der Waals surface area contributed by atoms with Gasteiger partial charge in [0.15, 0.2) is 0 Å². The van der Waals surface area contributed by atoms with Gasteiger partial charge in [-0.3, -0.25) is 0 Å². The summed E-state index contributed by atoms with van der Waals surface area (Å²) in [5.74, 6) is 0.938. The van der Waals surface area contributed by atoms with Crippen molar-refractivity contribution in [2.45, 2.75) is 25.1 Å². The Morgan fingerprint density at radius 2 is 1.91 bits per heavy atom. The van der Waals surface area contributed by atoms with Crippen LogP contribution in [0.2, 0.25) is 0 Å². The van der Waals surface area contributed by atoms with Crippen molar-refractivity contribution in [3.63, 3.8) is 0 Å². The van der Waals surface area contributed by atoms with Crippen molar-refractivity contribution in [3.8, 4) is 0 Å². The lowest BCUT2D eigenvalue weighted by molar-refractivity contribution is -0.141. The second-order valence-electron chi connectivity index (χ2n) is 5.92. The van der Waals surface area contributed by atoms with Gasteiger partial charge in [0.1, 0.15) is 11.5 Å². The van der Waals surface area contributed by atoms with E-state index in [0.29, 0.717) is 30.7 Å². The quantitative estimate of drug-likeness (QED) is 0.880. The normalized spacial score (nSPS) is 27.8. The molecule has 1 unspecified atom stereocenters. The van der Waals surface area contributed by atoms with Crippen LogP contribution in [-0.4, -0.2) is 35.3 Å².